The van der Waals surface area contributed by atoms with E-state index in [1.165, 1.54) is 57.8 Å². The van der Waals surface area contributed by atoms with Gasteiger partial charge < -0.3 is 4.79 Å². The lowest BCUT2D eigenvalue weighted by Gasteiger charge is -2.02. The molecule has 0 unspecified atom stereocenters. The zero-order valence-electron chi connectivity index (χ0n) is 13.5. The van der Waals surface area contributed by atoms with Gasteiger partial charge >= 0.3 is 0 Å². The number of Topliss-reactive ketones (excluding diaryl/α,β-unsaturated/α-hetero) is 1. The van der Waals surface area contributed by atoms with Crippen LogP contribution in [-0.4, -0.2) is 12.1 Å². The van der Waals surface area contributed by atoms with Crippen LogP contribution in [0.3, 0.4) is 0 Å². The highest BCUT2D eigenvalue weighted by Crippen LogP contribution is 2.12. The van der Waals surface area contributed by atoms with Gasteiger partial charge in [0.1, 0.15) is 12.1 Å². The molecule has 0 radical (unpaired) electrons. The Bertz CT molecular complexity index is 223. The van der Waals surface area contributed by atoms with Gasteiger partial charge in [-0.1, -0.05) is 64.7 Å². The lowest BCUT2D eigenvalue weighted by Crippen LogP contribution is -1.97. The van der Waals surface area contributed by atoms with Crippen LogP contribution in [0.1, 0.15) is 103 Å². The first kappa shape index (κ1) is 19.3. The van der Waals surface area contributed by atoms with Gasteiger partial charge in [-0.15, -0.1) is 0 Å². The lowest BCUT2D eigenvalue weighted by atomic mass is 10.0. The summed E-state index contributed by atoms with van der Waals surface area (Å²) in [5.74, 6) is 0.468. The van der Waals surface area contributed by atoms with E-state index in [0.717, 1.165) is 44.8 Å². The molecule has 0 aliphatic rings. The van der Waals surface area contributed by atoms with E-state index in [4.69, 9.17) is 0 Å². The molecule has 2 heteroatoms. The van der Waals surface area contributed by atoms with Crippen molar-refractivity contribution in [3.63, 3.8) is 0 Å². The summed E-state index contributed by atoms with van der Waals surface area (Å²) < 4.78 is 0. The van der Waals surface area contributed by atoms with E-state index in [9.17, 15) is 9.59 Å². The summed E-state index contributed by atoms with van der Waals surface area (Å²) in [6, 6.07) is 0. The Morgan fingerprint density at radius 2 is 1.15 bits per heavy atom. The van der Waals surface area contributed by atoms with Gasteiger partial charge in [-0.05, 0) is 19.3 Å². The third kappa shape index (κ3) is 15.4. The van der Waals surface area contributed by atoms with Crippen LogP contribution in [0.25, 0.3) is 0 Å². The first-order chi connectivity index (χ1) is 9.81. The molecular weight excluding hydrogens is 248 g/mol. The van der Waals surface area contributed by atoms with E-state index < -0.39 is 0 Å². The van der Waals surface area contributed by atoms with Gasteiger partial charge in [0.15, 0.2) is 0 Å². The molecule has 0 atom stereocenters. The van der Waals surface area contributed by atoms with Gasteiger partial charge in [-0.2, -0.15) is 0 Å². The van der Waals surface area contributed by atoms with E-state index in [1.807, 2.05) is 0 Å². The number of aldehydes is 1. The summed E-state index contributed by atoms with van der Waals surface area (Å²) in [7, 11) is 0. The minimum absolute atomic E-state index is 0.468. The Morgan fingerprint density at radius 1 is 0.700 bits per heavy atom. The molecule has 0 aliphatic carbocycles. The summed E-state index contributed by atoms with van der Waals surface area (Å²) in [5, 5.41) is 0. The van der Waals surface area contributed by atoms with Gasteiger partial charge in [0, 0.05) is 19.3 Å². The Hall–Kier alpha value is -0.660. The Kier molecular flexibility index (Phi) is 15.9. The topological polar surface area (TPSA) is 34.1 Å². The Labute approximate surface area is 125 Å². The molecular formula is C18H34O2. The highest BCUT2D eigenvalue weighted by Gasteiger charge is 2.01. The zero-order valence-corrected chi connectivity index (χ0v) is 13.5. The molecule has 0 saturated heterocycles. The highest BCUT2D eigenvalue weighted by molar-refractivity contribution is 5.78. The van der Waals surface area contributed by atoms with Crippen molar-refractivity contribution in [3.8, 4) is 0 Å². The van der Waals surface area contributed by atoms with E-state index >= 15 is 0 Å². The summed E-state index contributed by atoms with van der Waals surface area (Å²) >= 11 is 0. The van der Waals surface area contributed by atoms with Gasteiger partial charge in [0.25, 0.3) is 0 Å². The average molecular weight is 282 g/mol. The van der Waals surface area contributed by atoms with Crippen LogP contribution < -0.4 is 0 Å². The number of unbranched alkanes of at least 4 members (excludes halogenated alkanes) is 11. The van der Waals surface area contributed by atoms with E-state index in [2.05, 4.69) is 6.92 Å². The van der Waals surface area contributed by atoms with E-state index in [0.29, 0.717) is 5.78 Å². The molecule has 0 aliphatic heterocycles. The zero-order chi connectivity index (χ0) is 14.9. The van der Waals surface area contributed by atoms with Crippen LogP contribution in [0, 0.1) is 0 Å². The van der Waals surface area contributed by atoms with Crippen LogP contribution in [-0.2, 0) is 9.59 Å². The average Bonchev–Trinajstić information content (AvgIpc) is 2.45. The fourth-order valence-corrected chi connectivity index (χ4v) is 2.48. The predicted octanol–water partition coefficient (Wildman–Crippen LogP) is 5.63. The minimum atomic E-state index is 0.468. The number of rotatable bonds is 16. The van der Waals surface area contributed by atoms with Gasteiger partial charge in [-0.25, -0.2) is 0 Å². The van der Waals surface area contributed by atoms with Crippen LogP contribution in [0.4, 0.5) is 0 Å². The SMILES string of the molecule is CCCCCCC(=O)CCCCCCCCCCC=O. The van der Waals surface area contributed by atoms with Gasteiger partial charge in [0.2, 0.25) is 0 Å². The second-order valence-corrected chi connectivity index (χ2v) is 5.88. The minimum Gasteiger partial charge on any atom is -0.303 e. The van der Waals surface area contributed by atoms with Crippen molar-refractivity contribution >= 4 is 12.1 Å². The van der Waals surface area contributed by atoms with Crippen molar-refractivity contribution in [1.29, 1.82) is 0 Å². The van der Waals surface area contributed by atoms with E-state index in [-0.39, 0.29) is 0 Å². The third-order valence-electron chi connectivity index (χ3n) is 3.84. The highest BCUT2D eigenvalue weighted by atomic mass is 16.1. The lowest BCUT2D eigenvalue weighted by molar-refractivity contribution is -0.119. The van der Waals surface area contributed by atoms with E-state index in [1.54, 1.807) is 0 Å². The molecule has 0 aromatic rings. The maximum absolute atomic E-state index is 11.6. The number of hydrogen-bond acceptors (Lipinski definition) is 2. The Balaban J connectivity index is 3.11. The summed E-state index contributed by atoms with van der Waals surface area (Å²) in [6.45, 7) is 2.20. The van der Waals surface area contributed by atoms with Gasteiger partial charge in [-0.3, -0.25) is 4.79 Å². The number of carbonyl (C=O) groups excluding carboxylic acids is 2. The largest absolute Gasteiger partial charge is 0.303 e. The smallest absolute Gasteiger partial charge is 0.132 e. The first-order valence-corrected chi connectivity index (χ1v) is 8.76. The van der Waals surface area contributed by atoms with Crippen molar-refractivity contribution in [2.45, 2.75) is 103 Å². The molecule has 0 amide bonds. The number of carbonyl (C=O) groups is 2. The monoisotopic (exact) mass is 282 g/mol. The fraction of sp³-hybridized carbons (Fsp3) is 0.889. The Morgan fingerprint density at radius 3 is 1.65 bits per heavy atom. The molecule has 0 fully saturated rings. The fourth-order valence-electron chi connectivity index (χ4n) is 2.48. The van der Waals surface area contributed by atoms with Crippen molar-refractivity contribution in [2.75, 3.05) is 0 Å². The first-order valence-electron chi connectivity index (χ1n) is 8.76. The summed E-state index contributed by atoms with van der Waals surface area (Å²) in [6.07, 6.45) is 17.7. The maximum atomic E-state index is 11.6. The van der Waals surface area contributed by atoms with Crippen LogP contribution >= 0.6 is 0 Å². The molecule has 0 N–H and O–H groups in total. The van der Waals surface area contributed by atoms with Crippen LogP contribution in [0.2, 0.25) is 0 Å². The standard InChI is InChI=1S/C18H34O2/c1-2-3-4-12-15-18(20)16-13-10-8-6-5-7-9-11-14-17-19/h17H,2-16H2,1H3. The second kappa shape index (κ2) is 16.4. The number of hydrogen-bond donors (Lipinski definition) is 0. The predicted molar refractivity (Wildman–Crippen MR) is 86.0 cm³/mol. The molecule has 0 saturated carbocycles. The molecule has 20 heavy (non-hydrogen) atoms. The van der Waals surface area contributed by atoms with Crippen LogP contribution in [0.5, 0.6) is 0 Å². The molecule has 118 valence electrons. The summed E-state index contributed by atoms with van der Waals surface area (Å²) in [4.78, 5) is 21.8. The summed E-state index contributed by atoms with van der Waals surface area (Å²) in [5.41, 5.74) is 0. The third-order valence-corrected chi connectivity index (χ3v) is 3.84. The van der Waals surface area contributed by atoms with Crippen molar-refractivity contribution in [2.24, 2.45) is 0 Å². The molecule has 2 nitrogen and oxygen atoms in total. The van der Waals surface area contributed by atoms with Crippen molar-refractivity contribution in [1.82, 2.24) is 0 Å². The quantitative estimate of drug-likeness (QED) is 0.272. The number of ketones is 1. The molecule has 0 heterocycles. The molecule has 0 aromatic carbocycles. The van der Waals surface area contributed by atoms with Crippen molar-refractivity contribution in [3.05, 3.63) is 0 Å². The molecule has 0 spiro atoms. The maximum Gasteiger partial charge on any atom is 0.132 e. The molecule has 0 aromatic heterocycles. The second-order valence-electron chi connectivity index (χ2n) is 5.88. The van der Waals surface area contributed by atoms with Gasteiger partial charge in [0.05, 0.1) is 0 Å². The molecule has 0 bridgehead atoms. The normalized spacial score (nSPS) is 10.7. The van der Waals surface area contributed by atoms with Crippen molar-refractivity contribution < 1.29 is 9.59 Å². The molecule has 0 rings (SSSR count). The van der Waals surface area contributed by atoms with Crippen LogP contribution in [0.15, 0.2) is 0 Å².